The van der Waals surface area contributed by atoms with Crippen LogP contribution in [0.3, 0.4) is 0 Å². The Hall–Kier alpha value is -1.03. The van der Waals surface area contributed by atoms with Gasteiger partial charge >= 0.3 is 0 Å². The molecule has 0 aliphatic carbocycles. The average molecular weight is 269 g/mol. The van der Waals surface area contributed by atoms with Gasteiger partial charge in [0.15, 0.2) is 0 Å². The van der Waals surface area contributed by atoms with Crippen LogP contribution in [0.2, 0.25) is 4.34 Å². The van der Waals surface area contributed by atoms with Crippen LogP contribution in [0.4, 0.5) is 0 Å². The van der Waals surface area contributed by atoms with Gasteiger partial charge in [0, 0.05) is 10.4 Å². The molecule has 1 heterocycles. The normalized spacial score (nSPS) is 12.4. The highest BCUT2D eigenvalue weighted by molar-refractivity contribution is 7.16. The maximum absolute atomic E-state index is 10.3. The lowest BCUT2D eigenvalue weighted by atomic mass is 10.1. The third-order valence-electron chi connectivity index (χ3n) is 2.38. The Labute approximate surface area is 109 Å². The van der Waals surface area contributed by atoms with Crippen LogP contribution in [0.25, 0.3) is 0 Å². The predicted molar refractivity (Wildman–Crippen MR) is 71.0 cm³/mol. The number of rotatable bonds is 4. The minimum atomic E-state index is -0.685. The van der Waals surface area contributed by atoms with Crippen molar-refractivity contribution in [3.8, 4) is 5.75 Å². The molecule has 17 heavy (non-hydrogen) atoms. The molecule has 1 N–H and O–H groups in total. The minimum absolute atomic E-state index is 0.578. The van der Waals surface area contributed by atoms with E-state index in [-0.39, 0.29) is 0 Å². The first kappa shape index (κ1) is 12.4. The fraction of sp³-hybridized carbons (Fsp3) is 0.231. The number of benzene rings is 1. The summed E-state index contributed by atoms with van der Waals surface area (Å²) in [4.78, 5) is 0.821. The molecule has 90 valence electrons. The number of thiophene rings is 1. The Bertz CT molecular complexity index is 496. The summed E-state index contributed by atoms with van der Waals surface area (Å²) in [5.41, 5.74) is 0.771. The van der Waals surface area contributed by atoms with E-state index in [1.807, 2.05) is 37.3 Å². The van der Waals surface area contributed by atoms with Crippen molar-refractivity contribution in [1.82, 2.24) is 0 Å². The molecule has 0 spiro atoms. The van der Waals surface area contributed by atoms with Crippen LogP contribution in [0, 0.1) is 0 Å². The largest absolute Gasteiger partial charge is 0.493 e. The summed E-state index contributed by atoms with van der Waals surface area (Å²) in [5.74, 6) is 0.715. The summed E-state index contributed by atoms with van der Waals surface area (Å²) in [6, 6.07) is 11.1. The number of aliphatic hydroxyl groups is 1. The molecule has 2 nitrogen and oxygen atoms in total. The zero-order valence-electron chi connectivity index (χ0n) is 9.39. The van der Waals surface area contributed by atoms with Crippen LogP contribution in [0.1, 0.15) is 23.5 Å². The van der Waals surface area contributed by atoms with Gasteiger partial charge in [-0.2, -0.15) is 0 Å². The van der Waals surface area contributed by atoms with Crippen LogP contribution in [-0.4, -0.2) is 11.7 Å². The maximum Gasteiger partial charge on any atom is 0.125 e. The molecule has 2 rings (SSSR count). The number of para-hydroxylation sites is 1. The second-order valence-corrected chi connectivity index (χ2v) is 5.26. The second kappa shape index (κ2) is 5.54. The molecular formula is C13H13ClO2S. The van der Waals surface area contributed by atoms with E-state index in [9.17, 15) is 5.11 Å². The molecule has 1 atom stereocenters. The van der Waals surface area contributed by atoms with Crippen LogP contribution in [0.5, 0.6) is 5.75 Å². The van der Waals surface area contributed by atoms with E-state index in [2.05, 4.69) is 0 Å². The van der Waals surface area contributed by atoms with E-state index >= 15 is 0 Å². The van der Waals surface area contributed by atoms with Gasteiger partial charge in [-0.3, -0.25) is 0 Å². The molecule has 0 radical (unpaired) electrons. The molecule has 0 amide bonds. The molecule has 0 bridgehead atoms. The van der Waals surface area contributed by atoms with Crippen molar-refractivity contribution in [2.24, 2.45) is 0 Å². The molecule has 0 aliphatic heterocycles. The molecule has 2 aromatic rings. The molecular weight excluding hydrogens is 256 g/mol. The van der Waals surface area contributed by atoms with E-state index in [4.69, 9.17) is 16.3 Å². The van der Waals surface area contributed by atoms with Gasteiger partial charge in [0.2, 0.25) is 0 Å². The number of ether oxygens (including phenoxy) is 1. The van der Waals surface area contributed by atoms with Crippen molar-refractivity contribution in [2.45, 2.75) is 13.0 Å². The summed E-state index contributed by atoms with van der Waals surface area (Å²) < 4.78 is 6.17. The molecule has 1 aromatic carbocycles. The van der Waals surface area contributed by atoms with Gasteiger partial charge in [0.1, 0.15) is 11.9 Å². The van der Waals surface area contributed by atoms with Gasteiger partial charge in [0.05, 0.1) is 10.9 Å². The zero-order chi connectivity index (χ0) is 12.3. The SMILES string of the molecule is CCOc1ccccc1C(O)c1ccc(Cl)s1. The first-order valence-corrected chi connectivity index (χ1v) is 6.57. The first-order valence-electron chi connectivity index (χ1n) is 5.37. The number of halogens is 1. The molecule has 4 heteroatoms. The van der Waals surface area contributed by atoms with Gasteiger partial charge in [-0.15, -0.1) is 11.3 Å². The second-order valence-electron chi connectivity index (χ2n) is 3.52. The monoisotopic (exact) mass is 268 g/mol. The van der Waals surface area contributed by atoms with Crippen LogP contribution in [0.15, 0.2) is 36.4 Å². The number of hydrogen-bond acceptors (Lipinski definition) is 3. The van der Waals surface area contributed by atoms with E-state index in [0.29, 0.717) is 16.7 Å². The lowest BCUT2D eigenvalue weighted by Gasteiger charge is -2.14. The third-order valence-corrected chi connectivity index (χ3v) is 3.66. The lowest BCUT2D eigenvalue weighted by Crippen LogP contribution is -2.02. The van der Waals surface area contributed by atoms with Crippen molar-refractivity contribution in [3.63, 3.8) is 0 Å². The predicted octanol–water partition coefficient (Wildman–Crippen LogP) is 3.88. The van der Waals surface area contributed by atoms with Crippen molar-refractivity contribution in [1.29, 1.82) is 0 Å². The first-order chi connectivity index (χ1) is 8.22. The van der Waals surface area contributed by atoms with Crippen LogP contribution in [-0.2, 0) is 0 Å². The van der Waals surface area contributed by atoms with Crippen molar-refractivity contribution in [3.05, 3.63) is 51.2 Å². The van der Waals surface area contributed by atoms with Gasteiger partial charge in [0.25, 0.3) is 0 Å². The standard InChI is InChI=1S/C13H13ClO2S/c1-2-16-10-6-4-3-5-9(10)13(15)11-7-8-12(14)17-11/h3-8,13,15H,2H2,1H3. The smallest absolute Gasteiger partial charge is 0.125 e. The van der Waals surface area contributed by atoms with Crippen molar-refractivity contribution >= 4 is 22.9 Å². The molecule has 0 aliphatic rings. The van der Waals surface area contributed by atoms with Crippen LogP contribution < -0.4 is 4.74 Å². The molecule has 0 fully saturated rings. The number of aliphatic hydroxyl groups excluding tert-OH is 1. The fourth-order valence-corrected chi connectivity index (χ4v) is 2.69. The molecule has 0 saturated heterocycles. The Balaban J connectivity index is 2.33. The van der Waals surface area contributed by atoms with Gasteiger partial charge in [-0.25, -0.2) is 0 Å². The highest BCUT2D eigenvalue weighted by atomic mass is 35.5. The zero-order valence-corrected chi connectivity index (χ0v) is 11.0. The Morgan fingerprint density at radius 3 is 2.71 bits per heavy atom. The number of hydrogen-bond donors (Lipinski definition) is 1. The Kier molecular flexibility index (Phi) is 4.05. The summed E-state index contributed by atoms with van der Waals surface area (Å²) in [5, 5.41) is 10.3. The Morgan fingerprint density at radius 1 is 1.29 bits per heavy atom. The topological polar surface area (TPSA) is 29.5 Å². The van der Waals surface area contributed by atoms with E-state index < -0.39 is 6.10 Å². The summed E-state index contributed by atoms with van der Waals surface area (Å²) >= 11 is 7.25. The molecule has 1 aromatic heterocycles. The van der Waals surface area contributed by atoms with E-state index in [1.54, 1.807) is 6.07 Å². The van der Waals surface area contributed by atoms with Crippen LogP contribution >= 0.6 is 22.9 Å². The highest BCUT2D eigenvalue weighted by Gasteiger charge is 2.16. The Morgan fingerprint density at radius 2 is 2.06 bits per heavy atom. The molecule has 1 unspecified atom stereocenters. The van der Waals surface area contributed by atoms with Crippen molar-refractivity contribution in [2.75, 3.05) is 6.61 Å². The van der Waals surface area contributed by atoms with Crippen molar-refractivity contribution < 1.29 is 9.84 Å². The van der Waals surface area contributed by atoms with Gasteiger partial charge < -0.3 is 9.84 Å². The van der Waals surface area contributed by atoms with E-state index in [0.717, 1.165) is 10.4 Å². The summed E-state index contributed by atoms with van der Waals surface area (Å²) in [6.07, 6.45) is -0.685. The van der Waals surface area contributed by atoms with E-state index in [1.165, 1.54) is 11.3 Å². The van der Waals surface area contributed by atoms with Gasteiger partial charge in [-0.05, 0) is 25.1 Å². The summed E-state index contributed by atoms with van der Waals surface area (Å²) in [6.45, 7) is 2.50. The lowest BCUT2D eigenvalue weighted by molar-refractivity contribution is 0.215. The highest BCUT2D eigenvalue weighted by Crippen LogP contribution is 2.34. The van der Waals surface area contributed by atoms with Gasteiger partial charge in [-0.1, -0.05) is 29.8 Å². The minimum Gasteiger partial charge on any atom is -0.493 e. The fourth-order valence-electron chi connectivity index (χ4n) is 1.62. The molecule has 0 saturated carbocycles. The summed E-state index contributed by atoms with van der Waals surface area (Å²) in [7, 11) is 0. The quantitative estimate of drug-likeness (QED) is 0.912. The average Bonchev–Trinajstić information content (AvgIpc) is 2.76. The third kappa shape index (κ3) is 2.80. The maximum atomic E-state index is 10.3.